The minimum absolute atomic E-state index is 0.0124. The number of hydrogen-bond acceptors (Lipinski definition) is 3. The van der Waals surface area contributed by atoms with Gasteiger partial charge in [0, 0.05) is 37.0 Å². The Labute approximate surface area is 142 Å². The summed E-state index contributed by atoms with van der Waals surface area (Å²) < 4.78 is 7.77. The molecule has 6 nitrogen and oxygen atoms in total. The van der Waals surface area contributed by atoms with Crippen LogP contribution in [0.2, 0.25) is 0 Å². The predicted octanol–water partition coefficient (Wildman–Crippen LogP) is 3.19. The van der Waals surface area contributed by atoms with Gasteiger partial charge in [0.2, 0.25) is 0 Å². The normalized spacial score (nSPS) is 20.2. The number of carbonyl (C=O) groups is 1. The monoisotopic (exact) mass is 330 g/mol. The van der Waals surface area contributed by atoms with E-state index in [1.807, 2.05) is 30.7 Å². The molecule has 2 amide bonds. The highest BCUT2D eigenvalue weighted by Gasteiger charge is 2.35. The highest BCUT2D eigenvalue weighted by molar-refractivity contribution is 5.74. The number of carbonyl (C=O) groups excluding carboxylic acids is 1. The smallest absolute Gasteiger partial charge is 0.315 e. The van der Waals surface area contributed by atoms with Crippen molar-refractivity contribution in [1.82, 2.24) is 20.2 Å². The maximum absolute atomic E-state index is 12.4. The average molecular weight is 330 g/mol. The molecule has 1 aliphatic rings. The molecule has 2 aromatic rings. The van der Waals surface area contributed by atoms with Crippen LogP contribution in [0.25, 0.3) is 0 Å². The minimum Gasteiger partial charge on any atom is -0.466 e. The molecule has 0 fully saturated rings. The molecule has 2 aromatic heterocycles. The SMILES string of the molecule is Cc1cc2c(o1)CC(C)(C)C[C@@H]2NC(=O)N[C@@H](C)Cn1ccnc1. The van der Waals surface area contributed by atoms with Crippen LogP contribution in [0.15, 0.2) is 29.2 Å². The Balaban J connectivity index is 1.63. The van der Waals surface area contributed by atoms with Crippen molar-refractivity contribution in [3.05, 3.63) is 41.9 Å². The van der Waals surface area contributed by atoms with Gasteiger partial charge in [-0.15, -0.1) is 0 Å². The molecule has 0 saturated heterocycles. The van der Waals surface area contributed by atoms with Gasteiger partial charge in [-0.3, -0.25) is 0 Å². The van der Waals surface area contributed by atoms with Crippen molar-refractivity contribution in [1.29, 1.82) is 0 Å². The number of amides is 2. The number of nitrogens with one attached hydrogen (secondary N) is 2. The summed E-state index contributed by atoms with van der Waals surface area (Å²) >= 11 is 0. The fraction of sp³-hybridized carbons (Fsp3) is 0.556. The molecule has 0 aliphatic heterocycles. The average Bonchev–Trinajstić information content (AvgIpc) is 3.06. The fourth-order valence-electron chi connectivity index (χ4n) is 3.49. The van der Waals surface area contributed by atoms with Crippen molar-refractivity contribution in [2.45, 2.75) is 59.2 Å². The van der Waals surface area contributed by atoms with Crippen LogP contribution in [0.3, 0.4) is 0 Å². The highest BCUT2D eigenvalue weighted by Crippen LogP contribution is 2.41. The Hall–Kier alpha value is -2.24. The second-order valence-corrected chi connectivity index (χ2v) is 7.61. The first-order chi connectivity index (χ1) is 11.3. The van der Waals surface area contributed by atoms with Gasteiger partial charge in [-0.05, 0) is 31.7 Å². The molecule has 2 N–H and O–H groups in total. The van der Waals surface area contributed by atoms with Crippen LogP contribution in [-0.4, -0.2) is 21.6 Å². The topological polar surface area (TPSA) is 72.1 Å². The van der Waals surface area contributed by atoms with Crippen LogP contribution in [0.4, 0.5) is 4.79 Å². The number of aryl methyl sites for hydroxylation is 1. The summed E-state index contributed by atoms with van der Waals surface area (Å²) in [5, 5.41) is 6.12. The van der Waals surface area contributed by atoms with E-state index >= 15 is 0 Å². The Kier molecular flexibility index (Phi) is 4.39. The zero-order chi connectivity index (χ0) is 17.3. The third-order valence-corrected chi connectivity index (χ3v) is 4.46. The molecular weight excluding hydrogens is 304 g/mol. The first-order valence-electron chi connectivity index (χ1n) is 8.44. The lowest BCUT2D eigenvalue weighted by atomic mass is 9.75. The molecule has 24 heavy (non-hydrogen) atoms. The van der Waals surface area contributed by atoms with Crippen LogP contribution in [0.1, 0.15) is 50.3 Å². The van der Waals surface area contributed by atoms with E-state index in [0.29, 0.717) is 6.54 Å². The molecular formula is C18H26N4O2. The van der Waals surface area contributed by atoms with Gasteiger partial charge < -0.3 is 19.6 Å². The largest absolute Gasteiger partial charge is 0.466 e. The van der Waals surface area contributed by atoms with Gasteiger partial charge in [0.15, 0.2) is 0 Å². The third-order valence-electron chi connectivity index (χ3n) is 4.46. The second-order valence-electron chi connectivity index (χ2n) is 7.61. The van der Waals surface area contributed by atoms with Gasteiger partial charge >= 0.3 is 6.03 Å². The summed E-state index contributed by atoms with van der Waals surface area (Å²) in [6.07, 6.45) is 7.19. The van der Waals surface area contributed by atoms with E-state index in [1.54, 1.807) is 12.5 Å². The van der Waals surface area contributed by atoms with Crippen molar-refractivity contribution < 1.29 is 9.21 Å². The van der Waals surface area contributed by atoms with Crippen LogP contribution in [0.5, 0.6) is 0 Å². The molecule has 0 radical (unpaired) electrons. The molecule has 2 atom stereocenters. The molecule has 130 valence electrons. The maximum atomic E-state index is 12.4. The van der Waals surface area contributed by atoms with E-state index in [0.717, 1.165) is 29.9 Å². The van der Waals surface area contributed by atoms with E-state index in [2.05, 4.69) is 29.5 Å². The van der Waals surface area contributed by atoms with Crippen molar-refractivity contribution in [3.8, 4) is 0 Å². The van der Waals surface area contributed by atoms with Crippen molar-refractivity contribution >= 4 is 6.03 Å². The number of furan rings is 1. The van der Waals surface area contributed by atoms with Gasteiger partial charge in [0.05, 0.1) is 12.4 Å². The van der Waals surface area contributed by atoms with Crippen molar-refractivity contribution in [3.63, 3.8) is 0 Å². The lowest BCUT2D eigenvalue weighted by Gasteiger charge is -2.34. The number of fused-ring (bicyclic) bond motifs is 1. The summed E-state index contributed by atoms with van der Waals surface area (Å²) in [6, 6.07) is 1.91. The van der Waals surface area contributed by atoms with Gasteiger partial charge in [-0.1, -0.05) is 13.8 Å². The van der Waals surface area contributed by atoms with Gasteiger partial charge in [0.1, 0.15) is 11.5 Å². The lowest BCUT2D eigenvalue weighted by Crippen LogP contribution is -2.45. The Morgan fingerprint density at radius 2 is 2.33 bits per heavy atom. The Bertz CT molecular complexity index is 703. The summed E-state index contributed by atoms with van der Waals surface area (Å²) in [6.45, 7) is 9.05. The molecule has 0 spiro atoms. The van der Waals surface area contributed by atoms with Crippen LogP contribution in [-0.2, 0) is 13.0 Å². The van der Waals surface area contributed by atoms with E-state index < -0.39 is 0 Å². The summed E-state index contributed by atoms with van der Waals surface area (Å²) in [5.41, 5.74) is 1.22. The summed E-state index contributed by atoms with van der Waals surface area (Å²) in [5.74, 6) is 1.90. The molecule has 6 heteroatoms. The van der Waals surface area contributed by atoms with Gasteiger partial charge in [-0.2, -0.15) is 0 Å². The predicted molar refractivity (Wildman–Crippen MR) is 91.6 cm³/mol. The van der Waals surface area contributed by atoms with Gasteiger partial charge in [0.25, 0.3) is 0 Å². The van der Waals surface area contributed by atoms with E-state index in [4.69, 9.17) is 4.42 Å². The zero-order valence-corrected chi connectivity index (χ0v) is 14.8. The number of aromatic nitrogens is 2. The minimum atomic E-state index is -0.143. The van der Waals surface area contributed by atoms with E-state index in [9.17, 15) is 4.79 Å². The van der Waals surface area contributed by atoms with Crippen LogP contribution >= 0.6 is 0 Å². The number of hydrogen-bond donors (Lipinski definition) is 2. The molecule has 0 saturated carbocycles. The Morgan fingerprint density at radius 3 is 3.04 bits per heavy atom. The summed E-state index contributed by atoms with van der Waals surface area (Å²) in [7, 11) is 0. The van der Waals surface area contributed by atoms with Crippen LogP contribution in [0, 0.1) is 12.3 Å². The van der Waals surface area contributed by atoms with Crippen molar-refractivity contribution in [2.24, 2.45) is 5.41 Å². The number of urea groups is 1. The number of nitrogens with zero attached hydrogens (tertiary/aromatic N) is 2. The summed E-state index contributed by atoms with van der Waals surface area (Å²) in [4.78, 5) is 16.4. The molecule has 0 bridgehead atoms. The zero-order valence-electron chi connectivity index (χ0n) is 14.8. The molecule has 3 rings (SSSR count). The quantitative estimate of drug-likeness (QED) is 0.904. The Morgan fingerprint density at radius 1 is 1.54 bits per heavy atom. The first kappa shape index (κ1) is 16.6. The second kappa shape index (κ2) is 6.34. The van der Waals surface area contributed by atoms with E-state index in [-0.39, 0.29) is 23.5 Å². The van der Waals surface area contributed by atoms with Gasteiger partial charge in [-0.25, -0.2) is 9.78 Å². The standard InChI is InChI=1S/C18H26N4O2/c1-12(10-22-6-5-19-11-22)20-17(23)21-15-8-18(3,4)9-16-14(15)7-13(2)24-16/h5-7,11-12,15H,8-10H2,1-4H3,(H2,20,21,23)/t12-,15-/m0/s1. The molecule has 0 aromatic carbocycles. The lowest BCUT2D eigenvalue weighted by molar-refractivity contribution is 0.211. The molecule has 2 heterocycles. The number of rotatable bonds is 4. The highest BCUT2D eigenvalue weighted by atomic mass is 16.3. The maximum Gasteiger partial charge on any atom is 0.315 e. The van der Waals surface area contributed by atoms with Crippen molar-refractivity contribution in [2.75, 3.05) is 0 Å². The third kappa shape index (κ3) is 3.80. The fourth-order valence-corrected chi connectivity index (χ4v) is 3.49. The molecule has 0 unspecified atom stereocenters. The van der Waals surface area contributed by atoms with E-state index in [1.165, 1.54) is 0 Å². The number of imidazole rings is 1. The first-order valence-corrected chi connectivity index (χ1v) is 8.44. The molecule has 1 aliphatic carbocycles. The van der Waals surface area contributed by atoms with Crippen LogP contribution < -0.4 is 10.6 Å².